The number of halogens is 3. The molecular weight excluding hydrogens is 461 g/mol. The van der Waals surface area contributed by atoms with Crippen molar-refractivity contribution in [2.45, 2.75) is 5.75 Å². The zero-order valence-electron chi connectivity index (χ0n) is 13.2. The fourth-order valence-electron chi connectivity index (χ4n) is 2.28. The van der Waals surface area contributed by atoms with Gasteiger partial charge in [-0.15, -0.1) is 22.0 Å². The van der Waals surface area contributed by atoms with E-state index in [9.17, 15) is 9.90 Å². The highest BCUT2D eigenvalue weighted by Crippen LogP contribution is 2.37. The summed E-state index contributed by atoms with van der Waals surface area (Å²) in [6.45, 7) is 0. The molecule has 26 heavy (non-hydrogen) atoms. The lowest BCUT2D eigenvalue weighted by Crippen LogP contribution is -1.97. The number of rotatable bonds is 5. The molecule has 9 heteroatoms. The number of hydrogen-bond acceptors (Lipinski definition) is 4. The predicted molar refractivity (Wildman–Crippen MR) is 110 cm³/mol. The summed E-state index contributed by atoms with van der Waals surface area (Å²) in [6, 6.07) is 10.7. The third-order valence-electron chi connectivity index (χ3n) is 3.51. The molecule has 1 aromatic heterocycles. The maximum absolute atomic E-state index is 12.0. The zero-order chi connectivity index (χ0) is 18.7. The molecule has 2 N–H and O–H groups in total. The quantitative estimate of drug-likeness (QED) is 0.416. The van der Waals surface area contributed by atoms with Crippen molar-refractivity contribution >= 4 is 73.4 Å². The molecule has 3 rings (SSSR count). The van der Waals surface area contributed by atoms with E-state index in [1.54, 1.807) is 30.3 Å². The molecule has 1 amide bonds. The van der Waals surface area contributed by atoms with Crippen LogP contribution in [-0.4, -0.2) is 21.8 Å². The lowest BCUT2D eigenvalue weighted by molar-refractivity contribution is -0.115. The SMILES string of the molecule is O=C(CSCc1c(Cl)cccc1Cl)N=Nc1c(O)[nH]c2ccc(Br)cc12. The van der Waals surface area contributed by atoms with E-state index in [0.717, 1.165) is 10.0 Å². The summed E-state index contributed by atoms with van der Waals surface area (Å²) in [5.74, 6) is 0.0650. The molecule has 0 aliphatic heterocycles. The molecule has 2 aromatic carbocycles. The van der Waals surface area contributed by atoms with Crippen molar-refractivity contribution in [3.05, 3.63) is 56.5 Å². The number of aromatic hydroxyl groups is 1. The van der Waals surface area contributed by atoms with E-state index >= 15 is 0 Å². The van der Waals surface area contributed by atoms with Crippen LogP contribution >= 0.6 is 50.9 Å². The van der Waals surface area contributed by atoms with Crippen LogP contribution < -0.4 is 0 Å². The highest BCUT2D eigenvalue weighted by Gasteiger charge is 2.12. The Labute approximate surface area is 171 Å². The average molecular weight is 473 g/mol. The summed E-state index contributed by atoms with van der Waals surface area (Å²) in [5, 5.41) is 19.3. The van der Waals surface area contributed by atoms with E-state index in [2.05, 4.69) is 31.1 Å². The number of hydrogen-bond donors (Lipinski definition) is 2. The minimum absolute atomic E-state index is 0.123. The van der Waals surface area contributed by atoms with E-state index in [0.29, 0.717) is 26.7 Å². The van der Waals surface area contributed by atoms with Gasteiger partial charge in [0.15, 0.2) is 5.69 Å². The van der Waals surface area contributed by atoms with Gasteiger partial charge in [0.25, 0.3) is 5.91 Å². The molecule has 5 nitrogen and oxygen atoms in total. The molecule has 0 aliphatic carbocycles. The van der Waals surface area contributed by atoms with E-state index in [4.69, 9.17) is 23.2 Å². The first-order valence-corrected chi connectivity index (χ1v) is 10.1. The normalized spacial score (nSPS) is 11.5. The van der Waals surface area contributed by atoms with Gasteiger partial charge < -0.3 is 10.1 Å². The Hall–Kier alpha value is -1.54. The molecule has 1 heterocycles. The largest absolute Gasteiger partial charge is 0.493 e. The van der Waals surface area contributed by atoms with Crippen molar-refractivity contribution in [2.75, 3.05) is 5.75 Å². The zero-order valence-corrected chi connectivity index (χ0v) is 17.1. The first kappa shape index (κ1) is 19.2. The Morgan fingerprint density at radius 3 is 2.69 bits per heavy atom. The number of aromatic amines is 1. The van der Waals surface area contributed by atoms with Crippen molar-refractivity contribution in [3.8, 4) is 5.88 Å². The van der Waals surface area contributed by atoms with Crippen molar-refractivity contribution in [1.29, 1.82) is 0 Å². The van der Waals surface area contributed by atoms with Gasteiger partial charge in [-0.1, -0.05) is 45.2 Å². The van der Waals surface area contributed by atoms with Crippen LogP contribution in [0.4, 0.5) is 5.69 Å². The smallest absolute Gasteiger partial charge is 0.274 e. The molecule has 134 valence electrons. The number of carbonyl (C=O) groups is 1. The molecule has 0 spiro atoms. The van der Waals surface area contributed by atoms with Gasteiger partial charge in [-0.25, -0.2) is 0 Å². The number of thioether (sulfide) groups is 1. The highest BCUT2D eigenvalue weighted by molar-refractivity contribution is 9.10. The van der Waals surface area contributed by atoms with Gasteiger partial charge in [0, 0.05) is 25.7 Å². The molecule has 0 fully saturated rings. The lowest BCUT2D eigenvalue weighted by Gasteiger charge is -2.05. The summed E-state index contributed by atoms with van der Waals surface area (Å²) in [6.07, 6.45) is 0. The second-order valence-electron chi connectivity index (χ2n) is 5.30. The molecule has 0 bridgehead atoms. The minimum Gasteiger partial charge on any atom is -0.493 e. The lowest BCUT2D eigenvalue weighted by atomic mass is 10.2. The molecule has 0 atom stereocenters. The molecular formula is C17H12BrCl2N3O2S. The Morgan fingerprint density at radius 2 is 1.96 bits per heavy atom. The number of aromatic nitrogens is 1. The number of azo groups is 1. The summed E-state index contributed by atoms with van der Waals surface area (Å²) in [4.78, 5) is 14.8. The highest BCUT2D eigenvalue weighted by atomic mass is 79.9. The number of nitrogens with one attached hydrogen (secondary N) is 1. The van der Waals surface area contributed by atoms with Crippen LogP contribution in [0.1, 0.15) is 5.56 Å². The summed E-state index contributed by atoms with van der Waals surface area (Å²) >= 11 is 16.9. The second-order valence-corrected chi connectivity index (χ2v) is 8.01. The Balaban J connectivity index is 1.65. The standard InChI is InChI=1S/C17H12BrCl2N3O2S/c18-9-4-5-14-10(6-9)16(17(25)21-14)23-22-15(24)8-26-7-11-12(19)2-1-3-13(11)20/h1-6,21,25H,7-8H2. The molecule has 0 radical (unpaired) electrons. The van der Waals surface area contributed by atoms with Crippen LogP contribution in [0, 0.1) is 0 Å². The van der Waals surface area contributed by atoms with E-state index < -0.39 is 5.91 Å². The molecule has 0 saturated heterocycles. The molecule has 0 aliphatic rings. The third kappa shape index (κ3) is 4.40. The summed E-state index contributed by atoms with van der Waals surface area (Å²) < 4.78 is 0.832. The second kappa shape index (κ2) is 8.43. The van der Waals surface area contributed by atoms with Gasteiger partial charge in [-0.3, -0.25) is 4.79 Å². The fourth-order valence-corrected chi connectivity index (χ4v) is 4.18. The summed E-state index contributed by atoms with van der Waals surface area (Å²) in [7, 11) is 0. The molecule has 0 unspecified atom stereocenters. The monoisotopic (exact) mass is 471 g/mol. The van der Waals surface area contributed by atoms with Crippen LogP contribution in [-0.2, 0) is 10.5 Å². The van der Waals surface area contributed by atoms with Gasteiger partial charge in [0.05, 0.1) is 11.3 Å². The first-order valence-electron chi connectivity index (χ1n) is 7.41. The number of carbonyl (C=O) groups excluding carboxylic acids is 1. The molecule has 0 saturated carbocycles. The van der Waals surface area contributed by atoms with E-state index in [-0.39, 0.29) is 17.3 Å². The Morgan fingerprint density at radius 1 is 1.23 bits per heavy atom. The number of benzene rings is 2. The van der Waals surface area contributed by atoms with Gasteiger partial charge in [-0.2, -0.15) is 0 Å². The topological polar surface area (TPSA) is 77.8 Å². The third-order valence-corrected chi connectivity index (χ3v) is 5.65. The maximum atomic E-state index is 12.0. The molecule has 3 aromatic rings. The Bertz CT molecular complexity index is 987. The maximum Gasteiger partial charge on any atom is 0.274 e. The first-order chi connectivity index (χ1) is 12.5. The van der Waals surface area contributed by atoms with Crippen molar-refractivity contribution in [2.24, 2.45) is 10.2 Å². The van der Waals surface area contributed by atoms with Crippen LogP contribution in [0.5, 0.6) is 5.88 Å². The number of fused-ring (bicyclic) bond motifs is 1. The van der Waals surface area contributed by atoms with Crippen LogP contribution in [0.2, 0.25) is 10.0 Å². The van der Waals surface area contributed by atoms with Crippen LogP contribution in [0.15, 0.2) is 51.1 Å². The fraction of sp³-hybridized carbons (Fsp3) is 0.118. The van der Waals surface area contributed by atoms with Gasteiger partial charge in [-0.05, 0) is 35.9 Å². The van der Waals surface area contributed by atoms with E-state index in [1.807, 2.05) is 6.07 Å². The predicted octanol–water partition coefficient (Wildman–Crippen LogP) is 6.49. The van der Waals surface area contributed by atoms with Gasteiger partial charge >= 0.3 is 0 Å². The van der Waals surface area contributed by atoms with Gasteiger partial charge in [0.2, 0.25) is 5.88 Å². The van der Waals surface area contributed by atoms with Crippen LogP contribution in [0.25, 0.3) is 10.9 Å². The number of H-pyrrole nitrogens is 1. The summed E-state index contributed by atoms with van der Waals surface area (Å²) in [5.41, 5.74) is 1.72. The minimum atomic E-state index is -0.415. The van der Waals surface area contributed by atoms with Crippen molar-refractivity contribution in [3.63, 3.8) is 0 Å². The number of amides is 1. The van der Waals surface area contributed by atoms with Gasteiger partial charge in [0.1, 0.15) is 0 Å². The average Bonchev–Trinajstić information content (AvgIpc) is 2.90. The van der Waals surface area contributed by atoms with Crippen molar-refractivity contribution in [1.82, 2.24) is 4.98 Å². The van der Waals surface area contributed by atoms with E-state index in [1.165, 1.54) is 11.8 Å². The van der Waals surface area contributed by atoms with Crippen LogP contribution in [0.3, 0.4) is 0 Å². The van der Waals surface area contributed by atoms with Crippen molar-refractivity contribution < 1.29 is 9.90 Å². The number of nitrogens with zero attached hydrogens (tertiary/aromatic N) is 2. The Kier molecular flexibility index (Phi) is 6.24.